The molecule has 0 aliphatic rings. The highest BCUT2D eigenvalue weighted by molar-refractivity contribution is 5.93. The largest absolute Gasteiger partial charge is 0.495 e. The van der Waals surface area contributed by atoms with Gasteiger partial charge in [-0.25, -0.2) is 0 Å². The van der Waals surface area contributed by atoms with E-state index in [9.17, 15) is 0 Å². The monoisotopic (exact) mass is 256 g/mol. The molecule has 5 nitrogen and oxygen atoms in total. The Hall–Kier alpha value is -2.43. The fourth-order valence-corrected chi connectivity index (χ4v) is 2.35. The quantitative estimate of drug-likeness (QED) is 0.740. The van der Waals surface area contributed by atoms with Crippen LogP contribution in [0.5, 0.6) is 5.75 Å². The van der Waals surface area contributed by atoms with Crippen molar-refractivity contribution in [2.24, 2.45) is 7.05 Å². The normalized spacial score (nSPS) is 11.1. The Morgan fingerprint density at radius 2 is 2.11 bits per heavy atom. The Bertz CT molecular complexity index is 735. The molecule has 0 bridgehead atoms. The van der Waals surface area contributed by atoms with Crippen molar-refractivity contribution in [3.8, 4) is 17.0 Å². The third-order valence-electron chi connectivity index (χ3n) is 3.28. The molecule has 3 N–H and O–H groups in total. The zero-order valence-electron chi connectivity index (χ0n) is 11.2. The molecule has 98 valence electrons. The summed E-state index contributed by atoms with van der Waals surface area (Å²) in [5.74, 6) is 1.45. The lowest BCUT2D eigenvalue weighted by atomic mass is 10.1. The molecule has 3 rings (SSSR count). The van der Waals surface area contributed by atoms with Gasteiger partial charge in [-0.1, -0.05) is 0 Å². The van der Waals surface area contributed by atoms with Gasteiger partial charge in [0.15, 0.2) is 0 Å². The number of rotatable bonds is 2. The third-order valence-corrected chi connectivity index (χ3v) is 3.28. The molecule has 0 saturated heterocycles. The number of nitrogens with zero attached hydrogens (tertiary/aromatic N) is 2. The van der Waals surface area contributed by atoms with Gasteiger partial charge in [0.1, 0.15) is 11.6 Å². The SMILES string of the molecule is COc1c(-c2cc(N)n(C)n2)ccc2[nH]c(C)cc12. The van der Waals surface area contributed by atoms with Gasteiger partial charge >= 0.3 is 0 Å². The van der Waals surface area contributed by atoms with E-state index in [1.54, 1.807) is 11.8 Å². The topological polar surface area (TPSA) is 68.9 Å². The van der Waals surface area contributed by atoms with E-state index in [1.165, 1.54) is 0 Å². The van der Waals surface area contributed by atoms with Crippen molar-refractivity contribution in [1.82, 2.24) is 14.8 Å². The maximum atomic E-state index is 5.84. The van der Waals surface area contributed by atoms with Gasteiger partial charge in [-0.2, -0.15) is 5.10 Å². The van der Waals surface area contributed by atoms with Crippen LogP contribution in [-0.2, 0) is 7.05 Å². The van der Waals surface area contributed by atoms with E-state index in [0.717, 1.165) is 33.6 Å². The minimum Gasteiger partial charge on any atom is -0.495 e. The van der Waals surface area contributed by atoms with Gasteiger partial charge in [-0.3, -0.25) is 4.68 Å². The van der Waals surface area contributed by atoms with Gasteiger partial charge in [0, 0.05) is 35.3 Å². The number of hydrogen-bond acceptors (Lipinski definition) is 3. The van der Waals surface area contributed by atoms with Crippen molar-refractivity contribution in [3.63, 3.8) is 0 Å². The number of nitrogens with one attached hydrogen (secondary N) is 1. The summed E-state index contributed by atoms with van der Waals surface area (Å²) in [7, 11) is 3.50. The van der Waals surface area contributed by atoms with E-state index in [0.29, 0.717) is 5.82 Å². The maximum absolute atomic E-state index is 5.84. The van der Waals surface area contributed by atoms with E-state index in [2.05, 4.69) is 16.1 Å². The lowest BCUT2D eigenvalue weighted by Gasteiger charge is -2.07. The summed E-state index contributed by atoms with van der Waals surface area (Å²) in [5, 5.41) is 5.46. The summed E-state index contributed by atoms with van der Waals surface area (Å²) in [6.45, 7) is 2.03. The molecule has 0 radical (unpaired) electrons. The fraction of sp³-hybridized carbons (Fsp3) is 0.214. The van der Waals surface area contributed by atoms with Crippen molar-refractivity contribution >= 4 is 16.7 Å². The summed E-state index contributed by atoms with van der Waals surface area (Å²) in [6.07, 6.45) is 0. The van der Waals surface area contributed by atoms with Crippen LogP contribution in [0.2, 0.25) is 0 Å². The van der Waals surface area contributed by atoms with Crippen molar-refractivity contribution in [3.05, 3.63) is 30.0 Å². The molecule has 0 atom stereocenters. The average Bonchev–Trinajstić information content (AvgIpc) is 2.90. The predicted octanol–water partition coefficient (Wildman–Crippen LogP) is 2.47. The first-order valence-corrected chi connectivity index (χ1v) is 6.06. The Labute approximate surface area is 111 Å². The number of aromatic amines is 1. The van der Waals surface area contributed by atoms with Gasteiger partial charge in [-0.15, -0.1) is 0 Å². The molecule has 2 heterocycles. The Kier molecular flexibility index (Phi) is 2.48. The molecule has 0 amide bonds. The van der Waals surface area contributed by atoms with Gasteiger partial charge in [-0.05, 0) is 25.1 Å². The molecular formula is C14H16N4O. The van der Waals surface area contributed by atoms with E-state index in [1.807, 2.05) is 32.2 Å². The van der Waals surface area contributed by atoms with Crippen LogP contribution in [0.15, 0.2) is 24.3 Å². The number of aryl methyl sites for hydroxylation is 2. The van der Waals surface area contributed by atoms with Crippen LogP contribution >= 0.6 is 0 Å². The molecule has 5 heteroatoms. The molecule has 0 fully saturated rings. The third kappa shape index (κ3) is 1.74. The lowest BCUT2D eigenvalue weighted by molar-refractivity contribution is 0.421. The van der Waals surface area contributed by atoms with E-state index >= 15 is 0 Å². The highest BCUT2D eigenvalue weighted by Crippen LogP contribution is 2.36. The minimum absolute atomic E-state index is 0.627. The van der Waals surface area contributed by atoms with E-state index < -0.39 is 0 Å². The minimum atomic E-state index is 0.627. The summed E-state index contributed by atoms with van der Waals surface area (Å²) < 4.78 is 7.22. The number of nitrogens with two attached hydrogens (primary N) is 1. The molecule has 1 aromatic carbocycles. The number of ether oxygens (including phenoxy) is 1. The zero-order chi connectivity index (χ0) is 13.6. The molecule has 19 heavy (non-hydrogen) atoms. The number of anilines is 1. The highest BCUT2D eigenvalue weighted by Gasteiger charge is 2.14. The summed E-state index contributed by atoms with van der Waals surface area (Å²) in [5.41, 5.74) is 9.76. The van der Waals surface area contributed by atoms with Crippen LogP contribution in [-0.4, -0.2) is 21.9 Å². The molecule has 0 aliphatic carbocycles. The second kappa shape index (κ2) is 4.05. The number of hydrogen-bond donors (Lipinski definition) is 2. The Morgan fingerprint density at radius 3 is 2.74 bits per heavy atom. The Balaban J connectivity index is 2.28. The molecule has 0 aliphatic heterocycles. The van der Waals surface area contributed by atoms with Crippen molar-refractivity contribution in [2.45, 2.75) is 6.92 Å². The predicted molar refractivity (Wildman–Crippen MR) is 76.2 cm³/mol. The maximum Gasteiger partial charge on any atom is 0.137 e. The summed E-state index contributed by atoms with van der Waals surface area (Å²) in [6, 6.07) is 7.96. The number of methoxy groups -OCH3 is 1. The van der Waals surface area contributed by atoms with E-state index in [4.69, 9.17) is 10.5 Å². The van der Waals surface area contributed by atoms with Crippen LogP contribution in [0, 0.1) is 6.92 Å². The number of aromatic nitrogens is 3. The van der Waals surface area contributed by atoms with Crippen molar-refractivity contribution in [2.75, 3.05) is 12.8 Å². The first-order chi connectivity index (χ1) is 9.10. The zero-order valence-corrected chi connectivity index (χ0v) is 11.2. The smallest absolute Gasteiger partial charge is 0.137 e. The molecular weight excluding hydrogens is 240 g/mol. The average molecular weight is 256 g/mol. The molecule has 0 saturated carbocycles. The molecule has 3 aromatic rings. The Morgan fingerprint density at radius 1 is 1.32 bits per heavy atom. The first-order valence-electron chi connectivity index (χ1n) is 6.06. The summed E-state index contributed by atoms with van der Waals surface area (Å²) >= 11 is 0. The second-order valence-corrected chi connectivity index (χ2v) is 4.64. The summed E-state index contributed by atoms with van der Waals surface area (Å²) in [4.78, 5) is 3.30. The van der Waals surface area contributed by atoms with Crippen molar-refractivity contribution in [1.29, 1.82) is 0 Å². The van der Waals surface area contributed by atoms with Crippen LogP contribution in [0.25, 0.3) is 22.2 Å². The number of benzene rings is 1. The standard InChI is InChI=1S/C14H16N4O/c1-8-6-10-11(16-8)5-4-9(14(10)19-3)12-7-13(15)18(2)17-12/h4-7,16H,15H2,1-3H3. The number of nitrogen functional groups attached to an aromatic ring is 1. The highest BCUT2D eigenvalue weighted by atomic mass is 16.5. The first kappa shape index (κ1) is 11.6. The molecule has 2 aromatic heterocycles. The number of H-pyrrole nitrogens is 1. The van der Waals surface area contributed by atoms with Crippen LogP contribution < -0.4 is 10.5 Å². The van der Waals surface area contributed by atoms with Crippen molar-refractivity contribution < 1.29 is 4.74 Å². The van der Waals surface area contributed by atoms with Gasteiger partial charge in [0.2, 0.25) is 0 Å². The van der Waals surface area contributed by atoms with Crippen LogP contribution in [0.4, 0.5) is 5.82 Å². The number of fused-ring (bicyclic) bond motifs is 1. The van der Waals surface area contributed by atoms with Crippen LogP contribution in [0.1, 0.15) is 5.69 Å². The van der Waals surface area contributed by atoms with E-state index in [-0.39, 0.29) is 0 Å². The van der Waals surface area contributed by atoms with Gasteiger partial charge < -0.3 is 15.5 Å². The molecule has 0 spiro atoms. The van der Waals surface area contributed by atoms with Gasteiger partial charge in [0.05, 0.1) is 12.8 Å². The lowest BCUT2D eigenvalue weighted by Crippen LogP contribution is -1.96. The second-order valence-electron chi connectivity index (χ2n) is 4.64. The van der Waals surface area contributed by atoms with Gasteiger partial charge in [0.25, 0.3) is 0 Å². The fourth-order valence-electron chi connectivity index (χ4n) is 2.35. The molecule has 0 unspecified atom stereocenters. The van der Waals surface area contributed by atoms with Crippen LogP contribution in [0.3, 0.4) is 0 Å².